The minimum atomic E-state index is -0.0772. The molecule has 0 atom stereocenters. The molecule has 0 bridgehead atoms. The van der Waals surface area contributed by atoms with Gasteiger partial charge in [-0.25, -0.2) is 0 Å². The second kappa shape index (κ2) is 13.7. The monoisotopic (exact) mass is 730 g/mol. The first-order valence-corrected chi connectivity index (χ1v) is 14.9. The summed E-state index contributed by atoms with van der Waals surface area (Å²) in [5, 5.41) is 5.34. The van der Waals surface area contributed by atoms with Crippen LogP contribution in [0.5, 0.6) is 0 Å². The Hall–Kier alpha value is -3.03. The first kappa shape index (κ1) is 34.5. The standard InChI is InChI=1S/C40H40.2CH3.Hf/c1-7-40(6,34-22-32-16-10-18-36(38(32)24-34)30-14-8-12-28(20-30)26(2)3)35-23-33-17-11-19-37(39(33)25-35)31-15-9-13-29(21-31)27(4)5;;;/h8-27H,7H2,1-6H3;2*1H3;/q-2;2*-1;+4. The molecule has 0 amide bonds. The number of hydrogen-bond donors (Lipinski definition) is 0. The first-order valence-electron chi connectivity index (χ1n) is 14.9. The van der Waals surface area contributed by atoms with E-state index in [0.717, 1.165) is 6.42 Å². The zero-order valence-electron chi connectivity index (χ0n) is 27.3. The third-order valence-electron chi connectivity index (χ3n) is 9.21. The molecule has 0 spiro atoms. The van der Waals surface area contributed by atoms with Gasteiger partial charge in [-0.3, -0.25) is 0 Å². The Bertz CT molecular complexity index is 1680. The predicted molar refractivity (Wildman–Crippen MR) is 188 cm³/mol. The zero-order valence-corrected chi connectivity index (χ0v) is 30.8. The Morgan fingerprint density at radius 1 is 0.581 bits per heavy atom. The van der Waals surface area contributed by atoms with Gasteiger partial charge < -0.3 is 14.9 Å². The summed E-state index contributed by atoms with van der Waals surface area (Å²) in [6.45, 7) is 13.8. The van der Waals surface area contributed by atoms with Gasteiger partial charge in [0.05, 0.1) is 0 Å². The van der Waals surface area contributed by atoms with Gasteiger partial charge in [-0.2, -0.15) is 12.1 Å². The SMILES string of the molecule is CCC(C)(c1cc2c(-c3cccc(C(C)C)c3)cccc2[cH-]1)c1cc2c(-c3cccc(C(C)C)c3)cccc2[cH-]1.[CH3-].[CH3-].[Hf+4]. The van der Waals surface area contributed by atoms with Crippen molar-refractivity contribution < 1.29 is 25.8 Å². The Morgan fingerprint density at radius 2 is 0.977 bits per heavy atom. The third kappa shape index (κ3) is 6.30. The molecule has 0 heterocycles. The van der Waals surface area contributed by atoms with Crippen LogP contribution in [0.25, 0.3) is 43.8 Å². The van der Waals surface area contributed by atoms with E-state index in [0.29, 0.717) is 11.8 Å². The molecule has 0 nitrogen and oxygen atoms in total. The van der Waals surface area contributed by atoms with Gasteiger partial charge in [-0.05, 0) is 45.9 Å². The molecule has 6 aromatic carbocycles. The molecule has 0 saturated heterocycles. The third-order valence-corrected chi connectivity index (χ3v) is 9.21. The molecule has 0 aliphatic carbocycles. The van der Waals surface area contributed by atoms with Gasteiger partial charge in [0, 0.05) is 0 Å². The molecule has 0 fully saturated rings. The topological polar surface area (TPSA) is 0 Å². The van der Waals surface area contributed by atoms with E-state index in [9.17, 15) is 0 Å². The molecule has 0 N–H and O–H groups in total. The summed E-state index contributed by atoms with van der Waals surface area (Å²) in [6, 6.07) is 41.4. The van der Waals surface area contributed by atoms with Gasteiger partial charge in [0.2, 0.25) is 0 Å². The minimum Gasteiger partial charge on any atom is -0.358 e. The largest absolute Gasteiger partial charge is 4.00 e. The second-order valence-electron chi connectivity index (χ2n) is 12.4. The van der Waals surface area contributed by atoms with Crippen LogP contribution in [-0.2, 0) is 31.3 Å². The van der Waals surface area contributed by atoms with Crippen molar-refractivity contribution in [2.24, 2.45) is 0 Å². The van der Waals surface area contributed by atoms with E-state index < -0.39 is 0 Å². The number of benzene rings is 4. The van der Waals surface area contributed by atoms with Gasteiger partial charge in [0.1, 0.15) is 0 Å². The first-order chi connectivity index (χ1) is 19.3. The van der Waals surface area contributed by atoms with Crippen LogP contribution in [0, 0.1) is 14.9 Å². The van der Waals surface area contributed by atoms with E-state index in [1.807, 2.05) is 0 Å². The molecule has 6 aromatic rings. The van der Waals surface area contributed by atoms with Gasteiger partial charge in [-0.15, -0.1) is 69.1 Å². The normalized spacial score (nSPS) is 11.4. The summed E-state index contributed by atoms with van der Waals surface area (Å²) >= 11 is 0. The summed E-state index contributed by atoms with van der Waals surface area (Å²) in [7, 11) is 0. The number of rotatable bonds is 7. The zero-order chi connectivity index (χ0) is 28.0. The smallest absolute Gasteiger partial charge is 0.358 e. The molecule has 0 aliphatic heterocycles. The molecule has 6 rings (SSSR count). The van der Waals surface area contributed by atoms with Crippen molar-refractivity contribution in [1.82, 2.24) is 0 Å². The molecule has 0 unspecified atom stereocenters. The molecule has 0 aromatic heterocycles. The summed E-state index contributed by atoms with van der Waals surface area (Å²) in [6.07, 6.45) is 1.04. The summed E-state index contributed by atoms with van der Waals surface area (Å²) < 4.78 is 0. The Balaban J connectivity index is 0.00000169. The van der Waals surface area contributed by atoms with E-state index in [2.05, 4.69) is 151 Å². The summed E-state index contributed by atoms with van der Waals surface area (Å²) in [5.74, 6) is 1.03. The molecule has 43 heavy (non-hydrogen) atoms. The van der Waals surface area contributed by atoms with Crippen molar-refractivity contribution in [2.75, 3.05) is 0 Å². The molecular formula is C42H46Hf. The van der Waals surface area contributed by atoms with Crippen LogP contribution in [-0.4, -0.2) is 0 Å². The van der Waals surface area contributed by atoms with Crippen molar-refractivity contribution in [1.29, 1.82) is 0 Å². The molecule has 0 radical (unpaired) electrons. The van der Waals surface area contributed by atoms with Crippen LogP contribution < -0.4 is 0 Å². The molecule has 0 saturated carbocycles. The minimum absolute atomic E-state index is 0. The van der Waals surface area contributed by atoms with Gasteiger partial charge in [0.15, 0.2) is 0 Å². The number of fused-ring (bicyclic) bond motifs is 2. The fourth-order valence-corrected chi connectivity index (χ4v) is 6.32. The van der Waals surface area contributed by atoms with Crippen LogP contribution in [0.15, 0.2) is 109 Å². The molecular weight excluding hydrogens is 683 g/mol. The fraction of sp³-hybridized carbons (Fsp3) is 0.238. The predicted octanol–water partition coefficient (Wildman–Crippen LogP) is 12.6. The maximum atomic E-state index is 2.46. The average Bonchev–Trinajstić information content (AvgIpc) is 3.62. The van der Waals surface area contributed by atoms with Crippen molar-refractivity contribution in [2.45, 2.75) is 65.2 Å². The van der Waals surface area contributed by atoms with E-state index in [1.165, 1.54) is 66.1 Å². The van der Waals surface area contributed by atoms with Crippen LogP contribution in [0.4, 0.5) is 0 Å². The van der Waals surface area contributed by atoms with E-state index in [4.69, 9.17) is 0 Å². The van der Waals surface area contributed by atoms with E-state index in [-0.39, 0.29) is 46.1 Å². The van der Waals surface area contributed by atoms with E-state index in [1.54, 1.807) is 0 Å². The summed E-state index contributed by atoms with van der Waals surface area (Å²) in [5.41, 5.74) is 10.8. The van der Waals surface area contributed by atoms with Crippen LogP contribution in [0.3, 0.4) is 0 Å². The quantitative estimate of drug-likeness (QED) is 0.113. The average molecular weight is 729 g/mol. The van der Waals surface area contributed by atoms with Crippen LogP contribution >= 0.6 is 0 Å². The van der Waals surface area contributed by atoms with Gasteiger partial charge >= 0.3 is 25.8 Å². The van der Waals surface area contributed by atoms with Crippen molar-refractivity contribution in [3.63, 3.8) is 0 Å². The maximum absolute atomic E-state index is 2.46. The Labute approximate surface area is 279 Å². The second-order valence-corrected chi connectivity index (χ2v) is 12.4. The molecule has 0 aliphatic rings. The molecule has 218 valence electrons. The van der Waals surface area contributed by atoms with Gasteiger partial charge in [-0.1, -0.05) is 113 Å². The Morgan fingerprint density at radius 3 is 1.35 bits per heavy atom. The van der Waals surface area contributed by atoms with Crippen molar-refractivity contribution in [3.8, 4) is 22.3 Å². The van der Waals surface area contributed by atoms with E-state index >= 15 is 0 Å². The van der Waals surface area contributed by atoms with Gasteiger partial charge in [0.25, 0.3) is 0 Å². The Kier molecular flexibility index (Phi) is 11.0. The number of hydrogen-bond acceptors (Lipinski definition) is 0. The van der Waals surface area contributed by atoms with Crippen LogP contribution in [0.2, 0.25) is 0 Å². The molecule has 1 heteroatoms. The van der Waals surface area contributed by atoms with Crippen molar-refractivity contribution >= 4 is 21.5 Å². The summed E-state index contributed by atoms with van der Waals surface area (Å²) in [4.78, 5) is 0. The fourth-order valence-electron chi connectivity index (χ4n) is 6.32. The maximum Gasteiger partial charge on any atom is 4.00 e. The van der Waals surface area contributed by atoms with Crippen molar-refractivity contribution in [3.05, 3.63) is 146 Å². The van der Waals surface area contributed by atoms with Crippen LogP contribution in [0.1, 0.15) is 82.1 Å².